The molecule has 132 valence electrons. The zero-order valence-electron chi connectivity index (χ0n) is 14.4. The Bertz CT molecular complexity index is 874. The number of pyridine rings is 2. The van der Waals surface area contributed by atoms with Crippen LogP contribution in [0.15, 0.2) is 24.5 Å². The minimum Gasteiger partial charge on any atom is -0.465 e. The van der Waals surface area contributed by atoms with Gasteiger partial charge in [-0.05, 0) is 31.4 Å². The van der Waals surface area contributed by atoms with Gasteiger partial charge in [0.15, 0.2) is 0 Å². The maximum absolute atomic E-state index is 10.5. The molecule has 3 rings (SSSR count). The van der Waals surface area contributed by atoms with Crippen molar-refractivity contribution >= 4 is 28.2 Å². The summed E-state index contributed by atoms with van der Waals surface area (Å²) in [6, 6.07) is 3.85. The summed E-state index contributed by atoms with van der Waals surface area (Å²) in [4.78, 5) is 24.3. The second-order valence-electron chi connectivity index (χ2n) is 6.09. The van der Waals surface area contributed by atoms with E-state index in [1.807, 2.05) is 18.3 Å². The van der Waals surface area contributed by atoms with Crippen LogP contribution in [0.2, 0.25) is 0 Å². The van der Waals surface area contributed by atoms with Gasteiger partial charge >= 0.3 is 6.09 Å². The van der Waals surface area contributed by atoms with Gasteiger partial charge in [-0.2, -0.15) is 0 Å². The molecule has 0 aliphatic rings. The Kier molecular flexibility index (Phi) is 5.42. The van der Waals surface area contributed by atoms with E-state index >= 15 is 0 Å². The van der Waals surface area contributed by atoms with E-state index < -0.39 is 6.09 Å². The van der Waals surface area contributed by atoms with E-state index in [2.05, 4.69) is 26.8 Å². The summed E-state index contributed by atoms with van der Waals surface area (Å²) in [5.74, 6) is 1.06. The molecule has 3 heterocycles. The maximum atomic E-state index is 10.5. The highest BCUT2D eigenvalue weighted by Crippen LogP contribution is 2.24. The van der Waals surface area contributed by atoms with E-state index in [4.69, 9.17) is 10.1 Å². The summed E-state index contributed by atoms with van der Waals surface area (Å²) in [5, 5.41) is 11.1. The summed E-state index contributed by atoms with van der Waals surface area (Å²) < 4.78 is 2.24. The molecule has 0 atom stereocenters. The fourth-order valence-electron chi connectivity index (χ4n) is 3.03. The molecule has 0 bridgehead atoms. The number of imidazole rings is 1. The monoisotopic (exact) mass is 341 g/mol. The van der Waals surface area contributed by atoms with Gasteiger partial charge in [0.25, 0.3) is 0 Å². The van der Waals surface area contributed by atoms with E-state index in [-0.39, 0.29) is 0 Å². The van der Waals surface area contributed by atoms with Crippen molar-refractivity contribution in [2.24, 2.45) is 0 Å². The van der Waals surface area contributed by atoms with Crippen molar-refractivity contribution in [3.63, 3.8) is 0 Å². The topological polar surface area (TPSA) is 92.9 Å². The van der Waals surface area contributed by atoms with Crippen molar-refractivity contribution < 1.29 is 9.90 Å². The van der Waals surface area contributed by atoms with Gasteiger partial charge in [-0.25, -0.2) is 9.78 Å². The lowest BCUT2D eigenvalue weighted by Gasteiger charge is -2.10. The Morgan fingerprint density at radius 2 is 2.12 bits per heavy atom. The third-order valence-electron chi connectivity index (χ3n) is 4.25. The third-order valence-corrected chi connectivity index (χ3v) is 4.25. The highest BCUT2D eigenvalue weighted by molar-refractivity contribution is 5.99. The number of amides is 1. The van der Waals surface area contributed by atoms with Crippen LogP contribution < -0.4 is 5.32 Å². The highest BCUT2D eigenvalue weighted by atomic mass is 16.4. The Balaban J connectivity index is 1.91. The van der Waals surface area contributed by atoms with Gasteiger partial charge in [0.2, 0.25) is 0 Å². The number of aryl methyl sites for hydroxylation is 2. The van der Waals surface area contributed by atoms with Crippen molar-refractivity contribution in [3.05, 3.63) is 30.4 Å². The number of hydrogen-bond acceptors (Lipinski definition) is 4. The number of nitrogens with one attached hydrogen (secondary N) is 1. The molecule has 3 aromatic heterocycles. The average Bonchev–Trinajstić information content (AvgIpc) is 2.97. The quantitative estimate of drug-likeness (QED) is 0.613. The van der Waals surface area contributed by atoms with E-state index in [0.717, 1.165) is 66.5 Å². The summed E-state index contributed by atoms with van der Waals surface area (Å²) in [7, 11) is 0. The first-order chi connectivity index (χ1) is 12.2. The molecule has 0 radical (unpaired) electrons. The van der Waals surface area contributed by atoms with Crippen LogP contribution in [0, 0.1) is 0 Å². The number of unbranched alkanes of at least 4 members (excludes halogenated alkanes) is 2. The first-order valence-corrected chi connectivity index (χ1v) is 8.76. The van der Waals surface area contributed by atoms with Crippen LogP contribution in [0.4, 0.5) is 4.79 Å². The van der Waals surface area contributed by atoms with Crippen LogP contribution >= 0.6 is 0 Å². The number of rotatable bonds is 8. The molecule has 0 saturated carbocycles. The van der Waals surface area contributed by atoms with Gasteiger partial charge in [-0.3, -0.25) is 9.97 Å². The SMILES string of the molecule is CCCCc1nc2cnc3cccnc3c2n1CCCCNC(=O)O. The van der Waals surface area contributed by atoms with Crippen molar-refractivity contribution in [2.75, 3.05) is 6.54 Å². The van der Waals surface area contributed by atoms with Crippen LogP contribution in [0.5, 0.6) is 0 Å². The molecule has 0 aliphatic heterocycles. The normalized spacial score (nSPS) is 11.2. The molecule has 2 N–H and O–H groups in total. The summed E-state index contributed by atoms with van der Waals surface area (Å²) in [6.45, 7) is 3.43. The predicted molar refractivity (Wildman–Crippen MR) is 96.7 cm³/mol. The Morgan fingerprint density at radius 3 is 2.92 bits per heavy atom. The summed E-state index contributed by atoms with van der Waals surface area (Å²) >= 11 is 0. The van der Waals surface area contributed by atoms with E-state index in [9.17, 15) is 4.79 Å². The molecule has 0 aliphatic carbocycles. The molecule has 0 fully saturated rings. The van der Waals surface area contributed by atoms with Gasteiger partial charge in [0.05, 0.1) is 17.2 Å². The number of fused-ring (bicyclic) bond motifs is 3. The van der Waals surface area contributed by atoms with Crippen molar-refractivity contribution in [3.8, 4) is 0 Å². The number of nitrogens with zero attached hydrogens (tertiary/aromatic N) is 4. The first kappa shape index (κ1) is 17.1. The van der Waals surface area contributed by atoms with E-state index in [1.165, 1.54) is 0 Å². The molecule has 0 aromatic carbocycles. The molecule has 25 heavy (non-hydrogen) atoms. The van der Waals surface area contributed by atoms with Crippen molar-refractivity contribution in [1.82, 2.24) is 24.8 Å². The number of hydrogen-bond donors (Lipinski definition) is 2. The smallest absolute Gasteiger partial charge is 0.404 e. The average molecular weight is 341 g/mol. The Labute approximate surface area is 146 Å². The van der Waals surface area contributed by atoms with E-state index in [0.29, 0.717) is 6.54 Å². The second kappa shape index (κ2) is 7.92. The lowest BCUT2D eigenvalue weighted by molar-refractivity contribution is 0.194. The first-order valence-electron chi connectivity index (χ1n) is 8.76. The predicted octanol–water partition coefficient (Wildman–Crippen LogP) is 3.37. The van der Waals surface area contributed by atoms with Crippen LogP contribution in [-0.2, 0) is 13.0 Å². The third kappa shape index (κ3) is 3.87. The standard InChI is InChI=1S/C18H23N5O2/c1-2-3-8-15-22-14-12-21-13-7-6-10-19-16(13)17(14)23(15)11-5-4-9-20-18(24)25/h6-7,10,12,20H,2-5,8-9,11H2,1H3,(H,24,25). The highest BCUT2D eigenvalue weighted by Gasteiger charge is 2.14. The van der Waals surface area contributed by atoms with Crippen LogP contribution in [0.3, 0.4) is 0 Å². The molecule has 0 saturated heterocycles. The summed E-state index contributed by atoms with van der Waals surface area (Å²) in [5.41, 5.74) is 3.65. The number of carbonyl (C=O) groups is 1. The number of aromatic nitrogens is 4. The van der Waals surface area contributed by atoms with Gasteiger partial charge < -0.3 is 15.0 Å². The summed E-state index contributed by atoms with van der Waals surface area (Å²) in [6.07, 6.45) is 7.41. The lowest BCUT2D eigenvalue weighted by atomic mass is 10.2. The fourth-order valence-corrected chi connectivity index (χ4v) is 3.03. The minimum absolute atomic E-state index is 0.465. The van der Waals surface area contributed by atoms with Gasteiger partial charge in [-0.1, -0.05) is 13.3 Å². The molecule has 0 spiro atoms. The molecule has 7 heteroatoms. The number of carboxylic acid groups (broad SMARTS) is 1. The van der Waals surface area contributed by atoms with E-state index in [1.54, 1.807) is 6.20 Å². The Morgan fingerprint density at radius 1 is 1.24 bits per heavy atom. The van der Waals surface area contributed by atoms with Crippen LogP contribution in [-0.4, -0.2) is 37.3 Å². The minimum atomic E-state index is -0.974. The molecule has 7 nitrogen and oxygen atoms in total. The maximum Gasteiger partial charge on any atom is 0.404 e. The van der Waals surface area contributed by atoms with Crippen LogP contribution in [0.25, 0.3) is 22.1 Å². The van der Waals surface area contributed by atoms with Gasteiger partial charge in [0.1, 0.15) is 16.9 Å². The molecule has 1 amide bonds. The zero-order chi connectivity index (χ0) is 17.6. The molecule has 3 aromatic rings. The largest absolute Gasteiger partial charge is 0.465 e. The second-order valence-corrected chi connectivity index (χ2v) is 6.09. The van der Waals surface area contributed by atoms with Gasteiger partial charge in [-0.15, -0.1) is 0 Å². The Hall–Kier alpha value is -2.70. The van der Waals surface area contributed by atoms with Crippen molar-refractivity contribution in [2.45, 2.75) is 45.6 Å². The lowest BCUT2D eigenvalue weighted by Crippen LogP contribution is -2.22. The van der Waals surface area contributed by atoms with Gasteiger partial charge in [0, 0.05) is 25.7 Å². The van der Waals surface area contributed by atoms with Crippen LogP contribution in [0.1, 0.15) is 38.4 Å². The molecule has 0 unspecified atom stereocenters. The van der Waals surface area contributed by atoms with Crippen molar-refractivity contribution in [1.29, 1.82) is 0 Å². The zero-order valence-corrected chi connectivity index (χ0v) is 14.4. The fraction of sp³-hybridized carbons (Fsp3) is 0.444. The molecular weight excluding hydrogens is 318 g/mol. The molecular formula is C18H23N5O2.